The Bertz CT molecular complexity index is 957. The first-order valence-corrected chi connectivity index (χ1v) is 11.7. The zero-order valence-corrected chi connectivity index (χ0v) is 18.2. The molecular formula is C22H28N2O5S. The van der Waals surface area contributed by atoms with E-state index in [1.807, 2.05) is 25.1 Å². The van der Waals surface area contributed by atoms with Gasteiger partial charge in [0.25, 0.3) is 5.91 Å². The molecule has 0 aromatic heterocycles. The molecule has 7 nitrogen and oxygen atoms in total. The number of benzene rings is 2. The minimum atomic E-state index is -3.63. The molecule has 2 aromatic carbocycles. The van der Waals surface area contributed by atoms with Crippen molar-refractivity contribution in [3.8, 4) is 11.5 Å². The number of rotatable bonds is 8. The zero-order valence-electron chi connectivity index (χ0n) is 17.3. The fourth-order valence-corrected chi connectivity index (χ4v) is 4.84. The maximum Gasteiger partial charge on any atom is 0.265 e. The number of carbonyl (C=O) groups excluding carboxylic acids is 1. The molecule has 0 saturated carbocycles. The molecule has 0 spiro atoms. The minimum Gasteiger partial charge on any atom is -0.492 e. The van der Waals surface area contributed by atoms with Crippen LogP contribution in [0.4, 0.5) is 5.69 Å². The number of sulfonamides is 1. The molecule has 1 amide bonds. The molecule has 1 heterocycles. The van der Waals surface area contributed by atoms with E-state index < -0.39 is 22.0 Å². The summed E-state index contributed by atoms with van der Waals surface area (Å²) in [5.41, 5.74) is 0.309. The molecule has 0 aliphatic carbocycles. The van der Waals surface area contributed by atoms with Gasteiger partial charge in [-0.1, -0.05) is 24.6 Å². The summed E-state index contributed by atoms with van der Waals surface area (Å²) in [6.45, 7) is 4.87. The van der Waals surface area contributed by atoms with Gasteiger partial charge in [-0.05, 0) is 57.0 Å². The van der Waals surface area contributed by atoms with E-state index in [1.54, 1.807) is 25.1 Å². The second-order valence-corrected chi connectivity index (χ2v) is 9.06. The highest BCUT2D eigenvalue weighted by Gasteiger charge is 2.27. The van der Waals surface area contributed by atoms with E-state index in [0.29, 0.717) is 36.9 Å². The van der Waals surface area contributed by atoms with Crippen molar-refractivity contribution in [1.29, 1.82) is 0 Å². The lowest BCUT2D eigenvalue weighted by Crippen LogP contribution is -2.35. The first-order chi connectivity index (χ1) is 14.4. The van der Waals surface area contributed by atoms with Crippen molar-refractivity contribution < 1.29 is 22.7 Å². The fourth-order valence-electron chi connectivity index (χ4n) is 3.29. The average molecular weight is 433 g/mol. The van der Waals surface area contributed by atoms with Crippen molar-refractivity contribution in [2.75, 3.05) is 25.0 Å². The Morgan fingerprint density at radius 1 is 1.10 bits per heavy atom. The van der Waals surface area contributed by atoms with Crippen molar-refractivity contribution in [3.63, 3.8) is 0 Å². The quantitative estimate of drug-likeness (QED) is 0.688. The number of ether oxygens (including phenoxy) is 2. The Hall–Kier alpha value is -2.58. The van der Waals surface area contributed by atoms with Crippen molar-refractivity contribution in [2.45, 2.75) is 44.1 Å². The van der Waals surface area contributed by atoms with Crippen LogP contribution in [0.2, 0.25) is 0 Å². The third kappa shape index (κ3) is 5.31. The molecule has 162 valence electrons. The Labute approximate surface area is 178 Å². The van der Waals surface area contributed by atoms with E-state index in [9.17, 15) is 13.2 Å². The molecule has 1 N–H and O–H groups in total. The topological polar surface area (TPSA) is 84.9 Å². The van der Waals surface area contributed by atoms with Crippen LogP contribution in [0.25, 0.3) is 0 Å². The average Bonchev–Trinajstić information content (AvgIpc) is 2.76. The summed E-state index contributed by atoms with van der Waals surface area (Å²) in [5, 5.41) is 2.76. The summed E-state index contributed by atoms with van der Waals surface area (Å²) in [6, 6.07) is 13.6. The molecule has 0 radical (unpaired) electrons. The van der Waals surface area contributed by atoms with Crippen LogP contribution in [-0.4, -0.2) is 44.4 Å². The van der Waals surface area contributed by atoms with Crippen molar-refractivity contribution >= 4 is 21.6 Å². The van der Waals surface area contributed by atoms with Gasteiger partial charge < -0.3 is 14.8 Å². The molecule has 30 heavy (non-hydrogen) atoms. The lowest BCUT2D eigenvalue weighted by Gasteiger charge is -2.26. The highest BCUT2D eigenvalue weighted by molar-refractivity contribution is 7.89. The molecule has 3 rings (SSSR count). The number of piperidine rings is 1. The smallest absolute Gasteiger partial charge is 0.265 e. The molecule has 1 aliphatic heterocycles. The number of hydrogen-bond acceptors (Lipinski definition) is 5. The molecule has 1 unspecified atom stereocenters. The number of anilines is 1. The second-order valence-electron chi connectivity index (χ2n) is 7.12. The standard InChI is InChI=1S/C22H28N2O5S/c1-3-28-21-13-12-19(30(26,27)24-14-8-5-9-15-24)16-20(21)23-22(25)17(2)29-18-10-6-4-7-11-18/h4,6-7,10-13,16-17H,3,5,8-9,14-15H2,1-2H3,(H,23,25). The van der Waals surface area contributed by atoms with Crippen LogP contribution in [0, 0.1) is 0 Å². The number of amides is 1. The molecule has 1 fully saturated rings. The van der Waals surface area contributed by atoms with E-state index in [2.05, 4.69) is 5.32 Å². The molecule has 1 aliphatic rings. The van der Waals surface area contributed by atoms with Gasteiger partial charge in [0.2, 0.25) is 10.0 Å². The maximum absolute atomic E-state index is 13.0. The number of carbonyl (C=O) groups is 1. The van der Waals surface area contributed by atoms with E-state index >= 15 is 0 Å². The molecule has 1 atom stereocenters. The lowest BCUT2D eigenvalue weighted by molar-refractivity contribution is -0.122. The van der Waals surface area contributed by atoms with Crippen LogP contribution in [-0.2, 0) is 14.8 Å². The van der Waals surface area contributed by atoms with Crippen molar-refractivity contribution in [1.82, 2.24) is 4.31 Å². The SMILES string of the molecule is CCOc1ccc(S(=O)(=O)N2CCCCC2)cc1NC(=O)C(C)Oc1ccccc1. The highest BCUT2D eigenvalue weighted by atomic mass is 32.2. The number of nitrogens with zero attached hydrogens (tertiary/aromatic N) is 1. The van der Waals surface area contributed by atoms with Gasteiger partial charge in [-0.25, -0.2) is 8.42 Å². The summed E-state index contributed by atoms with van der Waals surface area (Å²) in [7, 11) is -3.63. The normalized spacial score (nSPS) is 15.9. The van der Waals surface area contributed by atoms with Gasteiger partial charge in [0.05, 0.1) is 17.2 Å². The predicted molar refractivity (Wildman–Crippen MR) is 115 cm³/mol. The van der Waals surface area contributed by atoms with Gasteiger partial charge in [0.15, 0.2) is 6.10 Å². The Morgan fingerprint density at radius 3 is 2.47 bits per heavy atom. The largest absolute Gasteiger partial charge is 0.492 e. The van der Waals surface area contributed by atoms with Crippen molar-refractivity contribution in [2.24, 2.45) is 0 Å². The van der Waals surface area contributed by atoms with E-state index in [0.717, 1.165) is 19.3 Å². The van der Waals surface area contributed by atoms with Gasteiger partial charge in [-0.15, -0.1) is 0 Å². The van der Waals surface area contributed by atoms with E-state index in [4.69, 9.17) is 9.47 Å². The van der Waals surface area contributed by atoms with Crippen molar-refractivity contribution in [3.05, 3.63) is 48.5 Å². The van der Waals surface area contributed by atoms with Crippen LogP contribution in [0.3, 0.4) is 0 Å². The Kier molecular flexibility index (Phi) is 7.33. The summed E-state index contributed by atoms with van der Waals surface area (Å²) < 4.78 is 38.8. The first kappa shape index (κ1) is 22.1. The van der Waals surface area contributed by atoms with E-state index in [-0.39, 0.29) is 4.90 Å². The Morgan fingerprint density at radius 2 is 1.80 bits per heavy atom. The molecule has 1 saturated heterocycles. The molecule has 8 heteroatoms. The van der Waals surface area contributed by atoms with Crippen LogP contribution in [0.15, 0.2) is 53.4 Å². The summed E-state index contributed by atoms with van der Waals surface area (Å²) in [4.78, 5) is 12.8. The number of para-hydroxylation sites is 1. The predicted octanol–water partition coefficient (Wildman–Crippen LogP) is 3.67. The van der Waals surface area contributed by atoms with Crippen LogP contribution in [0.5, 0.6) is 11.5 Å². The van der Waals surface area contributed by atoms with Crippen LogP contribution < -0.4 is 14.8 Å². The zero-order chi connectivity index (χ0) is 21.6. The molecule has 2 aromatic rings. The fraction of sp³-hybridized carbons (Fsp3) is 0.409. The minimum absolute atomic E-state index is 0.139. The third-order valence-corrected chi connectivity index (χ3v) is 6.78. The number of nitrogens with one attached hydrogen (secondary N) is 1. The third-order valence-electron chi connectivity index (χ3n) is 4.89. The summed E-state index contributed by atoms with van der Waals surface area (Å²) in [5.74, 6) is 0.592. The van der Waals surface area contributed by atoms with Gasteiger partial charge in [0, 0.05) is 13.1 Å². The lowest BCUT2D eigenvalue weighted by atomic mass is 10.2. The van der Waals surface area contributed by atoms with Gasteiger partial charge in [-0.2, -0.15) is 4.31 Å². The summed E-state index contributed by atoms with van der Waals surface area (Å²) in [6.07, 6.45) is 1.97. The van der Waals surface area contributed by atoms with Crippen LogP contribution in [0.1, 0.15) is 33.1 Å². The second kappa shape index (κ2) is 9.95. The molecule has 0 bridgehead atoms. The maximum atomic E-state index is 13.0. The van der Waals surface area contributed by atoms with Gasteiger partial charge in [0.1, 0.15) is 11.5 Å². The highest BCUT2D eigenvalue weighted by Crippen LogP contribution is 2.30. The van der Waals surface area contributed by atoms with Crippen LogP contribution >= 0.6 is 0 Å². The monoisotopic (exact) mass is 432 g/mol. The molecular weight excluding hydrogens is 404 g/mol. The van der Waals surface area contributed by atoms with Gasteiger partial charge in [-0.3, -0.25) is 4.79 Å². The first-order valence-electron chi connectivity index (χ1n) is 10.2. The van der Waals surface area contributed by atoms with E-state index in [1.165, 1.54) is 16.4 Å². The van der Waals surface area contributed by atoms with Gasteiger partial charge >= 0.3 is 0 Å². The number of hydrogen-bond donors (Lipinski definition) is 1. The Balaban J connectivity index is 1.81. The summed E-state index contributed by atoms with van der Waals surface area (Å²) >= 11 is 0.